The highest BCUT2D eigenvalue weighted by Gasteiger charge is 2.46. The average molecular weight is 379 g/mol. The molecule has 0 unspecified atom stereocenters. The fraction of sp³-hybridized carbons (Fsp3) is 0.318. The minimum atomic E-state index is -0.548. The molecule has 0 radical (unpaired) electrons. The largest absolute Gasteiger partial charge is 0.465 e. The normalized spacial score (nSPS) is 17.1. The number of nitrogens with zero attached hydrogens (tertiary/aromatic N) is 3. The topological polar surface area (TPSA) is 56.5 Å². The number of esters is 1. The maximum absolute atomic E-state index is 14.9. The van der Waals surface area contributed by atoms with E-state index in [0.717, 1.165) is 5.56 Å². The van der Waals surface area contributed by atoms with Crippen LogP contribution >= 0.6 is 0 Å². The zero-order valence-corrected chi connectivity index (χ0v) is 16.6. The van der Waals surface area contributed by atoms with Gasteiger partial charge in [-0.2, -0.15) is 0 Å². The summed E-state index contributed by atoms with van der Waals surface area (Å²) in [4.78, 5) is 21.5. The highest BCUT2D eigenvalue weighted by molar-refractivity contribution is 6.09. The number of benzene rings is 2. The van der Waals surface area contributed by atoms with E-state index in [1.165, 1.54) is 13.2 Å². The number of aliphatic imine (C=N–C) groups is 1. The van der Waals surface area contributed by atoms with Gasteiger partial charge in [0.15, 0.2) is 0 Å². The van der Waals surface area contributed by atoms with E-state index in [1.54, 1.807) is 24.5 Å². The summed E-state index contributed by atoms with van der Waals surface area (Å²) in [6.07, 6.45) is 1.62. The Hall–Kier alpha value is -3.02. The number of hydrogen-bond acceptors (Lipinski definition) is 4. The summed E-state index contributed by atoms with van der Waals surface area (Å²) in [6.45, 7) is 8.02. The van der Waals surface area contributed by atoms with Crippen molar-refractivity contribution in [2.45, 2.75) is 38.6 Å². The highest BCUT2D eigenvalue weighted by Crippen LogP contribution is 2.44. The summed E-state index contributed by atoms with van der Waals surface area (Å²) < 4.78 is 21.6. The summed E-state index contributed by atoms with van der Waals surface area (Å²) >= 11 is 0. The lowest BCUT2D eigenvalue weighted by atomic mass is 9.66. The second-order valence-corrected chi connectivity index (χ2v) is 8.06. The van der Waals surface area contributed by atoms with Crippen LogP contribution in [-0.2, 0) is 10.2 Å². The fourth-order valence-corrected chi connectivity index (χ4v) is 3.78. The van der Waals surface area contributed by atoms with Crippen LogP contribution in [0.4, 0.5) is 4.39 Å². The van der Waals surface area contributed by atoms with E-state index in [1.807, 2.05) is 44.4 Å². The first-order valence-corrected chi connectivity index (χ1v) is 9.13. The van der Waals surface area contributed by atoms with Gasteiger partial charge in [0.1, 0.15) is 23.5 Å². The number of para-hydroxylation sites is 1. The molecule has 1 aliphatic rings. The minimum Gasteiger partial charge on any atom is -0.465 e. The van der Waals surface area contributed by atoms with Gasteiger partial charge in [-0.3, -0.25) is 9.56 Å². The monoisotopic (exact) mass is 379 g/mol. The van der Waals surface area contributed by atoms with Crippen molar-refractivity contribution in [1.29, 1.82) is 0 Å². The number of carbonyl (C=O) groups excluding carboxylic acids is 1. The molecule has 0 saturated carbocycles. The van der Waals surface area contributed by atoms with Gasteiger partial charge < -0.3 is 4.74 Å². The van der Waals surface area contributed by atoms with Crippen LogP contribution in [0.5, 0.6) is 0 Å². The van der Waals surface area contributed by atoms with Crippen LogP contribution in [0, 0.1) is 5.82 Å². The maximum atomic E-state index is 14.9. The molecule has 144 valence electrons. The summed E-state index contributed by atoms with van der Waals surface area (Å²) in [5.41, 5.74) is 1.95. The molecule has 0 bridgehead atoms. The summed E-state index contributed by atoms with van der Waals surface area (Å²) in [6, 6.07) is 10.4. The minimum absolute atomic E-state index is 0.248. The van der Waals surface area contributed by atoms with Crippen LogP contribution in [0.1, 0.15) is 49.2 Å². The molecule has 0 amide bonds. The predicted molar refractivity (Wildman–Crippen MR) is 107 cm³/mol. The molecule has 1 aromatic heterocycles. The number of methoxy groups -OCH3 is 1. The Morgan fingerprint density at radius 1 is 1.11 bits per heavy atom. The van der Waals surface area contributed by atoms with Crippen molar-refractivity contribution in [2.24, 2.45) is 4.99 Å². The second-order valence-electron chi connectivity index (χ2n) is 8.06. The number of ether oxygens (including phenoxy) is 1. The number of fused-ring (bicyclic) bond motifs is 2. The Balaban J connectivity index is 2.02. The predicted octanol–water partition coefficient (Wildman–Crippen LogP) is 4.33. The number of imidazole rings is 1. The van der Waals surface area contributed by atoms with Gasteiger partial charge in [0.05, 0.1) is 23.7 Å². The van der Waals surface area contributed by atoms with Crippen molar-refractivity contribution in [1.82, 2.24) is 9.55 Å². The number of hydrogen-bond donors (Lipinski definition) is 0. The van der Waals surface area contributed by atoms with E-state index in [4.69, 9.17) is 9.73 Å². The number of rotatable bonds is 1. The lowest BCUT2D eigenvalue weighted by molar-refractivity contribution is 0.0603. The number of carbonyl (C=O) groups is 1. The molecule has 0 atom stereocenters. The SMILES string of the molecule is COC(=O)c1cccc2c1ncn2C1=NC(C)(C)C(C)(C)c2c(F)cccc21. The fourth-order valence-electron chi connectivity index (χ4n) is 3.78. The standard InChI is InChI=1S/C22H22FN3O2/c1-21(2)17-13(8-6-10-15(17)23)19(25-22(21,3)4)26-12-24-18-14(20(27)28-5)9-7-11-16(18)26/h6-12H,1-5H3. The summed E-state index contributed by atoms with van der Waals surface area (Å²) in [7, 11) is 1.34. The molecule has 5 nitrogen and oxygen atoms in total. The van der Waals surface area contributed by atoms with Crippen LogP contribution in [0.25, 0.3) is 11.0 Å². The molecular formula is C22H22FN3O2. The van der Waals surface area contributed by atoms with Crippen molar-refractivity contribution in [3.8, 4) is 0 Å². The molecule has 28 heavy (non-hydrogen) atoms. The maximum Gasteiger partial charge on any atom is 0.340 e. The third-order valence-electron chi connectivity index (χ3n) is 6.00. The van der Waals surface area contributed by atoms with Crippen LogP contribution in [0.15, 0.2) is 47.7 Å². The Kier molecular flexibility index (Phi) is 3.93. The number of aromatic nitrogens is 2. The Bertz CT molecular complexity index is 1140. The first-order valence-electron chi connectivity index (χ1n) is 9.13. The lowest BCUT2D eigenvalue weighted by Gasteiger charge is -2.44. The summed E-state index contributed by atoms with van der Waals surface area (Å²) in [5.74, 6) is -0.0830. The van der Waals surface area contributed by atoms with Crippen molar-refractivity contribution in [3.05, 3.63) is 65.2 Å². The van der Waals surface area contributed by atoms with Gasteiger partial charge in [0.2, 0.25) is 0 Å². The van der Waals surface area contributed by atoms with E-state index >= 15 is 0 Å². The third-order valence-corrected chi connectivity index (χ3v) is 6.00. The Morgan fingerprint density at radius 2 is 1.82 bits per heavy atom. The summed E-state index contributed by atoms with van der Waals surface area (Å²) in [5, 5.41) is 0. The lowest BCUT2D eigenvalue weighted by Crippen LogP contribution is -2.47. The quantitative estimate of drug-likeness (QED) is 0.592. The van der Waals surface area contributed by atoms with Gasteiger partial charge >= 0.3 is 5.97 Å². The molecule has 2 aromatic carbocycles. The van der Waals surface area contributed by atoms with E-state index in [-0.39, 0.29) is 5.82 Å². The van der Waals surface area contributed by atoms with Crippen molar-refractivity contribution >= 4 is 22.8 Å². The molecular weight excluding hydrogens is 357 g/mol. The van der Waals surface area contributed by atoms with Gasteiger partial charge in [0, 0.05) is 16.5 Å². The van der Waals surface area contributed by atoms with Crippen molar-refractivity contribution in [2.75, 3.05) is 7.11 Å². The highest BCUT2D eigenvalue weighted by atomic mass is 19.1. The average Bonchev–Trinajstić information content (AvgIpc) is 3.08. The van der Waals surface area contributed by atoms with Crippen molar-refractivity contribution in [3.63, 3.8) is 0 Å². The molecule has 0 N–H and O–H groups in total. The molecule has 0 spiro atoms. The smallest absolute Gasteiger partial charge is 0.340 e. The first kappa shape index (κ1) is 18.3. The van der Waals surface area contributed by atoms with Gasteiger partial charge in [-0.15, -0.1) is 0 Å². The van der Waals surface area contributed by atoms with Crippen LogP contribution in [-0.4, -0.2) is 34.0 Å². The van der Waals surface area contributed by atoms with Gasteiger partial charge in [0.25, 0.3) is 0 Å². The van der Waals surface area contributed by atoms with E-state index in [2.05, 4.69) is 4.98 Å². The van der Waals surface area contributed by atoms with E-state index in [9.17, 15) is 9.18 Å². The molecule has 2 heterocycles. The zero-order valence-electron chi connectivity index (χ0n) is 16.6. The number of halogens is 1. The van der Waals surface area contributed by atoms with Crippen LogP contribution in [0.2, 0.25) is 0 Å². The molecule has 6 heteroatoms. The van der Waals surface area contributed by atoms with Crippen LogP contribution < -0.4 is 0 Å². The third kappa shape index (κ3) is 2.40. The van der Waals surface area contributed by atoms with Gasteiger partial charge in [-0.25, -0.2) is 14.2 Å². The molecule has 0 fully saturated rings. The van der Waals surface area contributed by atoms with Crippen molar-refractivity contribution < 1.29 is 13.9 Å². The molecule has 1 aliphatic heterocycles. The first-order chi connectivity index (χ1) is 13.2. The molecule has 4 rings (SSSR count). The van der Waals surface area contributed by atoms with E-state index < -0.39 is 16.9 Å². The second kappa shape index (κ2) is 5.99. The molecule has 0 aliphatic carbocycles. The van der Waals surface area contributed by atoms with Gasteiger partial charge in [-0.05, 0) is 32.0 Å². The van der Waals surface area contributed by atoms with Gasteiger partial charge in [-0.1, -0.05) is 32.0 Å². The Labute approximate surface area is 162 Å². The molecule has 3 aromatic rings. The van der Waals surface area contributed by atoms with E-state index in [0.29, 0.717) is 28.0 Å². The Morgan fingerprint density at radius 3 is 2.54 bits per heavy atom. The zero-order chi connectivity index (χ0) is 20.3. The molecule has 0 saturated heterocycles. The van der Waals surface area contributed by atoms with Crippen LogP contribution in [0.3, 0.4) is 0 Å².